The molecule has 1 aromatic carbocycles. The molecule has 2 aromatic rings. The predicted molar refractivity (Wildman–Crippen MR) is 80.1 cm³/mol. The Kier molecular flexibility index (Phi) is 5.42. The SMILES string of the molecule is CSc1ccccc1C(=O)NCCSc1nnnn1C. The van der Waals surface area contributed by atoms with Gasteiger partial charge in [0.1, 0.15) is 0 Å². The molecule has 0 atom stereocenters. The first kappa shape index (κ1) is 14.9. The molecular formula is C12H15N5OS2. The second-order valence-corrected chi connectivity index (χ2v) is 5.80. The number of benzene rings is 1. The Labute approximate surface area is 125 Å². The monoisotopic (exact) mass is 309 g/mol. The van der Waals surface area contributed by atoms with Crippen LogP contribution in [0.1, 0.15) is 10.4 Å². The lowest BCUT2D eigenvalue weighted by atomic mass is 10.2. The third kappa shape index (κ3) is 3.73. The molecule has 0 aliphatic carbocycles. The standard InChI is InChI=1S/C12H15N5OS2/c1-17-12(14-15-16-17)20-8-7-13-11(18)9-5-3-4-6-10(9)19-2/h3-6H,7-8H2,1-2H3,(H,13,18). The predicted octanol–water partition coefficient (Wildman–Crippen LogP) is 1.45. The second-order valence-electron chi connectivity index (χ2n) is 3.89. The number of amides is 1. The van der Waals surface area contributed by atoms with Crippen LogP contribution in [0.25, 0.3) is 0 Å². The van der Waals surface area contributed by atoms with Crippen LogP contribution in [0.4, 0.5) is 0 Å². The van der Waals surface area contributed by atoms with E-state index in [0.29, 0.717) is 12.1 Å². The van der Waals surface area contributed by atoms with E-state index < -0.39 is 0 Å². The molecule has 1 heterocycles. The number of hydrogen-bond donors (Lipinski definition) is 1. The molecular weight excluding hydrogens is 294 g/mol. The van der Waals surface area contributed by atoms with Crippen LogP contribution in [0.5, 0.6) is 0 Å². The van der Waals surface area contributed by atoms with Gasteiger partial charge in [-0.05, 0) is 28.8 Å². The fourth-order valence-corrected chi connectivity index (χ4v) is 2.88. The highest BCUT2D eigenvalue weighted by Crippen LogP contribution is 2.19. The van der Waals surface area contributed by atoms with Crippen molar-refractivity contribution < 1.29 is 4.79 Å². The van der Waals surface area contributed by atoms with Crippen LogP contribution in [0.15, 0.2) is 34.3 Å². The zero-order valence-corrected chi connectivity index (χ0v) is 12.9. The van der Waals surface area contributed by atoms with Crippen molar-refractivity contribution in [2.75, 3.05) is 18.6 Å². The number of carbonyl (C=O) groups is 1. The lowest BCUT2D eigenvalue weighted by Gasteiger charge is -2.07. The fraction of sp³-hybridized carbons (Fsp3) is 0.333. The number of thioether (sulfide) groups is 2. The number of nitrogens with zero attached hydrogens (tertiary/aromatic N) is 4. The number of aromatic nitrogens is 4. The van der Waals surface area contributed by atoms with E-state index in [2.05, 4.69) is 20.8 Å². The van der Waals surface area contributed by atoms with E-state index in [4.69, 9.17) is 0 Å². The van der Waals surface area contributed by atoms with Crippen molar-refractivity contribution in [3.05, 3.63) is 29.8 Å². The summed E-state index contributed by atoms with van der Waals surface area (Å²) in [5.74, 6) is 0.674. The molecule has 0 fully saturated rings. The highest BCUT2D eigenvalue weighted by atomic mass is 32.2. The van der Waals surface area contributed by atoms with Crippen molar-refractivity contribution in [2.45, 2.75) is 10.1 Å². The summed E-state index contributed by atoms with van der Waals surface area (Å²) >= 11 is 3.07. The van der Waals surface area contributed by atoms with Gasteiger partial charge in [-0.15, -0.1) is 16.9 Å². The van der Waals surface area contributed by atoms with Gasteiger partial charge in [-0.2, -0.15) is 0 Å². The Morgan fingerprint density at radius 2 is 2.20 bits per heavy atom. The van der Waals surface area contributed by atoms with Crippen molar-refractivity contribution in [1.82, 2.24) is 25.5 Å². The third-order valence-corrected chi connectivity index (χ3v) is 4.36. The summed E-state index contributed by atoms with van der Waals surface area (Å²) in [7, 11) is 1.79. The molecule has 0 spiro atoms. The molecule has 0 bridgehead atoms. The normalized spacial score (nSPS) is 10.5. The molecule has 0 aliphatic rings. The summed E-state index contributed by atoms with van der Waals surface area (Å²) in [5, 5.41) is 14.8. The lowest BCUT2D eigenvalue weighted by Crippen LogP contribution is -2.26. The molecule has 6 nitrogen and oxygen atoms in total. The van der Waals surface area contributed by atoms with E-state index in [1.54, 1.807) is 23.5 Å². The van der Waals surface area contributed by atoms with Crippen LogP contribution in [-0.2, 0) is 7.05 Å². The van der Waals surface area contributed by atoms with E-state index in [0.717, 1.165) is 15.8 Å². The molecule has 1 aromatic heterocycles. The highest BCUT2D eigenvalue weighted by Gasteiger charge is 2.09. The van der Waals surface area contributed by atoms with Crippen LogP contribution >= 0.6 is 23.5 Å². The second kappa shape index (κ2) is 7.30. The van der Waals surface area contributed by atoms with Gasteiger partial charge in [0.15, 0.2) is 0 Å². The van der Waals surface area contributed by atoms with Crippen LogP contribution in [0.2, 0.25) is 0 Å². The minimum absolute atomic E-state index is 0.0494. The summed E-state index contributed by atoms with van der Waals surface area (Å²) in [6.45, 7) is 0.569. The minimum Gasteiger partial charge on any atom is -0.351 e. The van der Waals surface area contributed by atoms with Crippen molar-refractivity contribution >= 4 is 29.4 Å². The van der Waals surface area contributed by atoms with Crippen LogP contribution in [0, 0.1) is 0 Å². The molecule has 2 rings (SSSR count). The minimum atomic E-state index is -0.0494. The van der Waals surface area contributed by atoms with Gasteiger partial charge in [-0.25, -0.2) is 4.68 Å². The van der Waals surface area contributed by atoms with Gasteiger partial charge in [0, 0.05) is 24.2 Å². The Balaban J connectivity index is 1.82. The summed E-state index contributed by atoms with van der Waals surface area (Å²) in [5.41, 5.74) is 0.713. The average Bonchev–Trinajstić information content (AvgIpc) is 2.88. The van der Waals surface area contributed by atoms with Crippen molar-refractivity contribution in [3.63, 3.8) is 0 Å². The zero-order chi connectivity index (χ0) is 14.4. The molecule has 0 saturated carbocycles. The van der Waals surface area contributed by atoms with Gasteiger partial charge in [0.05, 0.1) is 5.56 Å². The number of rotatable bonds is 6. The Morgan fingerprint density at radius 3 is 2.90 bits per heavy atom. The summed E-state index contributed by atoms with van der Waals surface area (Å²) < 4.78 is 1.61. The van der Waals surface area contributed by atoms with E-state index >= 15 is 0 Å². The first-order valence-electron chi connectivity index (χ1n) is 5.98. The number of hydrogen-bond acceptors (Lipinski definition) is 6. The van der Waals surface area contributed by atoms with Gasteiger partial charge in [0.2, 0.25) is 5.16 Å². The maximum atomic E-state index is 12.1. The van der Waals surface area contributed by atoms with Crippen LogP contribution in [0.3, 0.4) is 0 Å². The molecule has 0 unspecified atom stereocenters. The number of tetrazole rings is 1. The zero-order valence-electron chi connectivity index (χ0n) is 11.2. The molecule has 0 saturated heterocycles. The number of carbonyl (C=O) groups excluding carboxylic acids is 1. The third-order valence-electron chi connectivity index (χ3n) is 2.55. The van der Waals surface area contributed by atoms with Gasteiger partial charge in [0.25, 0.3) is 5.91 Å². The summed E-state index contributed by atoms with van der Waals surface area (Å²) in [6.07, 6.45) is 1.96. The number of aryl methyl sites for hydroxylation is 1. The van der Waals surface area contributed by atoms with Crippen molar-refractivity contribution in [3.8, 4) is 0 Å². The Hall–Kier alpha value is -1.54. The van der Waals surface area contributed by atoms with Crippen molar-refractivity contribution in [1.29, 1.82) is 0 Å². The van der Waals surface area contributed by atoms with E-state index in [1.165, 1.54) is 11.8 Å². The topological polar surface area (TPSA) is 72.7 Å². The summed E-state index contributed by atoms with van der Waals surface area (Å²) in [6, 6.07) is 7.58. The summed E-state index contributed by atoms with van der Waals surface area (Å²) in [4.78, 5) is 13.1. The molecule has 20 heavy (non-hydrogen) atoms. The van der Waals surface area contributed by atoms with Gasteiger partial charge in [-0.3, -0.25) is 4.79 Å². The molecule has 0 aliphatic heterocycles. The number of nitrogens with one attached hydrogen (secondary N) is 1. The van der Waals surface area contributed by atoms with Gasteiger partial charge < -0.3 is 5.32 Å². The molecule has 106 valence electrons. The lowest BCUT2D eigenvalue weighted by molar-refractivity contribution is 0.0953. The van der Waals surface area contributed by atoms with Gasteiger partial charge in [-0.1, -0.05) is 23.9 Å². The first-order valence-corrected chi connectivity index (χ1v) is 8.19. The Morgan fingerprint density at radius 1 is 1.40 bits per heavy atom. The quantitative estimate of drug-likeness (QED) is 0.643. The Bertz CT molecular complexity index is 587. The smallest absolute Gasteiger partial charge is 0.252 e. The van der Waals surface area contributed by atoms with E-state index in [9.17, 15) is 4.79 Å². The van der Waals surface area contributed by atoms with E-state index in [1.807, 2.05) is 30.5 Å². The van der Waals surface area contributed by atoms with Crippen LogP contribution < -0.4 is 5.32 Å². The maximum absolute atomic E-state index is 12.1. The molecule has 0 radical (unpaired) electrons. The average molecular weight is 309 g/mol. The van der Waals surface area contributed by atoms with E-state index in [-0.39, 0.29) is 5.91 Å². The largest absolute Gasteiger partial charge is 0.351 e. The molecule has 1 amide bonds. The van der Waals surface area contributed by atoms with Gasteiger partial charge >= 0.3 is 0 Å². The highest BCUT2D eigenvalue weighted by molar-refractivity contribution is 7.99. The first-order chi connectivity index (χ1) is 9.72. The molecule has 8 heteroatoms. The molecule has 1 N–H and O–H groups in total. The van der Waals surface area contributed by atoms with Crippen LogP contribution in [-0.4, -0.2) is 44.7 Å². The fourth-order valence-electron chi connectivity index (χ4n) is 1.58. The maximum Gasteiger partial charge on any atom is 0.252 e. The van der Waals surface area contributed by atoms with Crippen molar-refractivity contribution in [2.24, 2.45) is 7.05 Å².